The predicted octanol–water partition coefficient (Wildman–Crippen LogP) is 2.60. The quantitative estimate of drug-likeness (QED) is 0.793. The summed E-state index contributed by atoms with van der Waals surface area (Å²) in [6.45, 7) is 8.17. The summed E-state index contributed by atoms with van der Waals surface area (Å²) >= 11 is 0. The van der Waals surface area contributed by atoms with Crippen LogP contribution >= 0.6 is 0 Å². The molecule has 2 unspecified atom stereocenters. The monoisotopic (exact) mass is 402 g/mol. The Balaban J connectivity index is 1.53. The Kier molecular flexibility index (Phi) is 5.00. The molecule has 7 heteroatoms. The maximum absolute atomic E-state index is 13.2. The number of methoxy groups -OCH3 is 1. The van der Waals surface area contributed by atoms with E-state index in [4.69, 9.17) is 4.74 Å². The summed E-state index contributed by atoms with van der Waals surface area (Å²) in [5, 5.41) is 11.1. The molecule has 4 aliphatic rings. The molecular weight excluding hydrogens is 368 g/mol. The van der Waals surface area contributed by atoms with Crippen LogP contribution in [-0.4, -0.2) is 40.3 Å². The van der Waals surface area contributed by atoms with Crippen LogP contribution in [0.15, 0.2) is 6.20 Å². The highest BCUT2D eigenvalue weighted by Crippen LogP contribution is 2.55. The second-order valence-electron chi connectivity index (χ2n) is 10.5. The maximum atomic E-state index is 13.2. The molecule has 7 nitrogen and oxygen atoms in total. The Morgan fingerprint density at radius 3 is 2.45 bits per heavy atom. The van der Waals surface area contributed by atoms with Gasteiger partial charge in [0.2, 0.25) is 5.91 Å². The first-order valence-electron chi connectivity index (χ1n) is 10.8. The number of nitrogens with one attached hydrogen (secondary N) is 2. The van der Waals surface area contributed by atoms with Gasteiger partial charge >= 0.3 is 0 Å². The second-order valence-corrected chi connectivity index (χ2v) is 10.5. The third-order valence-electron chi connectivity index (χ3n) is 7.04. The minimum atomic E-state index is -0.222. The van der Waals surface area contributed by atoms with E-state index >= 15 is 0 Å². The van der Waals surface area contributed by atoms with Crippen LogP contribution in [0.3, 0.4) is 0 Å². The van der Waals surface area contributed by atoms with E-state index < -0.39 is 0 Å². The van der Waals surface area contributed by atoms with Crippen LogP contribution in [0.5, 0.6) is 0 Å². The number of carbonyl (C=O) groups is 2. The van der Waals surface area contributed by atoms with Crippen LogP contribution in [0, 0.1) is 17.8 Å². The molecule has 2 N–H and O–H groups in total. The third kappa shape index (κ3) is 3.69. The number of nitrogens with zero attached hydrogens (tertiary/aromatic N) is 2. The number of rotatable bonds is 5. The molecule has 4 aliphatic carbocycles. The standard InChI is InChI=1S/C22H34N4O3/c1-13(27)25-22-8-14-6-15(9-22)19(16(7-14)10-22)24-20(28)17-11-23-26(21(2,3)4)18(17)12-29-5/h11,14-16,19H,6-10,12H2,1-5H3,(H,24,28)(H,25,27). The SMILES string of the molecule is COCc1c(C(=O)NC2C3CC4CC2CC(NC(C)=O)(C4)C3)cnn1C(C)(C)C. The van der Waals surface area contributed by atoms with Crippen molar-refractivity contribution in [3.05, 3.63) is 17.5 Å². The van der Waals surface area contributed by atoms with Gasteiger partial charge in [-0.05, 0) is 70.6 Å². The van der Waals surface area contributed by atoms with E-state index in [0.717, 1.165) is 37.8 Å². The summed E-state index contributed by atoms with van der Waals surface area (Å²) in [5.41, 5.74) is 1.14. The van der Waals surface area contributed by atoms with Crippen molar-refractivity contribution in [3.8, 4) is 0 Å². The molecule has 1 heterocycles. The first kappa shape index (κ1) is 20.4. The van der Waals surface area contributed by atoms with Crippen molar-refractivity contribution < 1.29 is 14.3 Å². The highest BCUT2D eigenvalue weighted by atomic mass is 16.5. The van der Waals surface area contributed by atoms with Crippen LogP contribution < -0.4 is 10.6 Å². The Morgan fingerprint density at radius 1 is 1.24 bits per heavy atom. The smallest absolute Gasteiger partial charge is 0.255 e. The largest absolute Gasteiger partial charge is 0.378 e. The average molecular weight is 403 g/mol. The first-order valence-corrected chi connectivity index (χ1v) is 10.8. The van der Waals surface area contributed by atoms with Gasteiger partial charge in [0.25, 0.3) is 5.91 Å². The van der Waals surface area contributed by atoms with E-state index in [1.165, 1.54) is 0 Å². The van der Waals surface area contributed by atoms with E-state index in [1.54, 1.807) is 20.2 Å². The van der Waals surface area contributed by atoms with Crippen molar-refractivity contribution in [3.63, 3.8) is 0 Å². The summed E-state index contributed by atoms with van der Waals surface area (Å²) in [5.74, 6) is 1.53. The molecule has 0 radical (unpaired) electrons. The zero-order chi connectivity index (χ0) is 21.0. The number of carbonyl (C=O) groups excluding carboxylic acids is 2. The molecule has 0 aromatic carbocycles. The highest BCUT2D eigenvalue weighted by molar-refractivity contribution is 5.95. The van der Waals surface area contributed by atoms with Crippen molar-refractivity contribution in [1.82, 2.24) is 20.4 Å². The number of amides is 2. The highest BCUT2D eigenvalue weighted by Gasteiger charge is 2.56. The first-order chi connectivity index (χ1) is 13.6. The normalized spacial score (nSPS) is 33.0. The van der Waals surface area contributed by atoms with Gasteiger partial charge in [0.05, 0.1) is 29.6 Å². The summed E-state index contributed by atoms with van der Waals surface area (Å²) in [7, 11) is 1.64. The fourth-order valence-electron chi connectivity index (χ4n) is 6.43. The lowest BCUT2D eigenvalue weighted by Crippen LogP contribution is -2.66. The zero-order valence-electron chi connectivity index (χ0n) is 18.2. The van der Waals surface area contributed by atoms with Crippen molar-refractivity contribution >= 4 is 11.8 Å². The molecule has 160 valence electrons. The summed E-state index contributed by atoms with van der Waals surface area (Å²) in [6, 6.07) is 0.175. The zero-order valence-corrected chi connectivity index (χ0v) is 18.2. The summed E-state index contributed by atoms with van der Waals surface area (Å²) in [4.78, 5) is 25.0. The number of hydrogen-bond donors (Lipinski definition) is 2. The number of hydrogen-bond acceptors (Lipinski definition) is 4. The molecule has 5 rings (SSSR count). The second kappa shape index (κ2) is 7.11. The van der Waals surface area contributed by atoms with Gasteiger partial charge in [0, 0.05) is 25.6 Å². The van der Waals surface area contributed by atoms with Gasteiger partial charge in [-0.25, -0.2) is 0 Å². The van der Waals surface area contributed by atoms with E-state index in [0.29, 0.717) is 29.9 Å². The lowest BCUT2D eigenvalue weighted by molar-refractivity contribution is -0.125. The van der Waals surface area contributed by atoms with Crippen molar-refractivity contribution in [1.29, 1.82) is 0 Å². The van der Waals surface area contributed by atoms with Gasteiger partial charge in [-0.3, -0.25) is 14.3 Å². The van der Waals surface area contributed by atoms with Gasteiger partial charge in [-0.15, -0.1) is 0 Å². The topological polar surface area (TPSA) is 85.2 Å². The van der Waals surface area contributed by atoms with Crippen LogP contribution in [0.1, 0.15) is 75.9 Å². The van der Waals surface area contributed by atoms with Gasteiger partial charge < -0.3 is 15.4 Å². The minimum absolute atomic E-state index is 0.0537. The molecule has 0 aliphatic heterocycles. The summed E-state index contributed by atoms with van der Waals surface area (Å²) < 4.78 is 7.25. The molecule has 1 aromatic rings. The van der Waals surface area contributed by atoms with Crippen LogP contribution in [0.2, 0.25) is 0 Å². The fourth-order valence-corrected chi connectivity index (χ4v) is 6.43. The Bertz CT molecular complexity index is 793. The van der Waals surface area contributed by atoms with Gasteiger partial charge in [-0.2, -0.15) is 5.10 Å². The number of ether oxygens (including phenoxy) is 1. The molecule has 2 amide bonds. The molecule has 2 atom stereocenters. The molecule has 29 heavy (non-hydrogen) atoms. The molecular formula is C22H34N4O3. The molecule has 4 bridgehead atoms. The Hall–Kier alpha value is -1.89. The Morgan fingerprint density at radius 2 is 1.90 bits per heavy atom. The van der Waals surface area contributed by atoms with E-state index in [2.05, 4.69) is 36.5 Å². The molecule has 0 spiro atoms. The number of aromatic nitrogens is 2. The average Bonchev–Trinajstić information content (AvgIpc) is 3.00. The van der Waals surface area contributed by atoms with E-state index in [1.807, 2.05) is 4.68 Å². The molecule has 0 saturated heterocycles. The lowest BCUT2D eigenvalue weighted by atomic mass is 9.51. The molecule has 4 fully saturated rings. The van der Waals surface area contributed by atoms with Crippen LogP contribution in [0.4, 0.5) is 0 Å². The van der Waals surface area contributed by atoms with Gasteiger partial charge in [0.1, 0.15) is 0 Å². The maximum Gasteiger partial charge on any atom is 0.255 e. The lowest BCUT2D eigenvalue weighted by Gasteiger charge is -2.60. The molecule has 1 aromatic heterocycles. The van der Waals surface area contributed by atoms with Crippen LogP contribution in [-0.2, 0) is 21.7 Å². The van der Waals surface area contributed by atoms with Crippen molar-refractivity contribution in [2.75, 3.05) is 7.11 Å². The van der Waals surface area contributed by atoms with Crippen LogP contribution in [0.25, 0.3) is 0 Å². The van der Waals surface area contributed by atoms with E-state index in [-0.39, 0.29) is 28.9 Å². The van der Waals surface area contributed by atoms with E-state index in [9.17, 15) is 9.59 Å². The van der Waals surface area contributed by atoms with Gasteiger partial charge in [0.15, 0.2) is 0 Å². The third-order valence-corrected chi connectivity index (χ3v) is 7.04. The Labute approximate surface area is 172 Å². The summed E-state index contributed by atoms with van der Waals surface area (Å²) in [6.07, 6.45) is 7.00. The minimum Gasteiger partial charge on any atom is -0.378 e. The van der Waals surface area contributed by atoms with Crippen molar-refractivity contribution in [2.45, 2.75) is 83.5 Å². The van der Waals surface area contributed by atoms with Gasteiger partial charge in [-0.1, -0.05) is 0 Å². The molecule has 4 saturated carbocycles. The van der Waals surface area contributed by atoms with Crippen molar-refractivity contribution in [2.24, 2.45) is 17.8 Å². The fraction of sp³-hybridized carbons (Fsp3) is 0.773. The predicted molar refractivity (Wildman–Crippen MR) is 109 cm³/mol.